The van der Waals surface area contributed by atoms with Crippen molar-refractivity contribution in [1.29, 1.82) is 0 Å². The lowest BCUT2D eigenvalue weighted by molar-refractivity contribution is 0.101. The molecule has 0 spiro atoms. The van der Waals surface area contributed by atoms with E-state index in [1.54, 1.807) is 25.1 Å². The van der Waals surface area contributed by atoms with Crippen molar-refractivity contribution in [3.63, 3.8) is 0 Å². The number of carbonyl (C=O) groups excluding carboxylic acids is 1. The molecule has 1 fully saturated rings. The third-order valence-corrected chi connectivity index (χ3v) is 5.33. The number of carbonyl (C=O) groups is 1. The van der Waals surface area contributed by atoms with Crippen LogP contribution in [0.3, 0.4) is 0 Å². The molecule has 3 aromatic rings. The maximum Gasteiger partial charge on any atom is 0.295 e. The van der Waals surface area contributed by atoms with Gasteiger partial charge in [-0.25, -0.2) is 14.1 Å². The summed E-state index contributed by atoms with van der Waals surface area (Å²) in [4.78, 5) is 21.6. The molecule has 4 rings (SSSR count). The number of halogens is 2. The topological polar surface area (TPSA) is 66.3 Å². The Balaban J connectivity index is 1.58. The smallest absolute Gasteiger partial charge is 0.295 e. The van der Waals surface area contributed by atoms with Gasteiger partial charge in [0.15, 0.2) is 0 Å². The minimum absolute atomic E-state index is 0.0288. The molecule has 0 saturated carbocycles. The third kappa shape index (κ3) is 4.29. The predicted octanol–water partition coefficient (Wildman–Crippen LogP) is 3.37. The van der Waals surface area contributed by atoms with Gasteiger partial charge >= 0.3 is 0 Å². The zero-order valence-corrected chi connectivity index (χ0v) is 17.5. The maximum absolute atomic E-state index is 13.2. The number of piperazine rings is 1. The van der Waals surface area contributed by atoms with Crippen molar-refractivity contribution in [1.82, 2.24) is 19.7 Å². The number of benzene rings is 2. The third-order valence-electron chi connectivity index (χ3n) is 5.09. The van der Waals surface area contributed by atoms with Gasteiger partial charge in [-0.2, -0.15) is 0 Å². The van der Waals surface area contributed by atoms with Crippen LogP contribution in [0, 0.1) is 12.7 Å². The normalized spacial score (nSPS) is 14.7. The van der Waals surface area contributed by atoms with E-state index in [-0.39, 0.29) is 11.6 Å². The highest BCUT2D eigenvalue weighted by molar-refractivity contribution is 6.31. The van der Waals surface area contributed by atoms with E-state index in [1.807, 2.05) is 12.1 Å². The number of aryl methyl sites for hydroxylation is 1. The molecule has 0 bridgehead atoms. The Kier molecular flexibility index (Phi) is 5.69. The van der Waals surface area contributed by atoms with Crippen LogP contribution < -0.4 is 10.2 Å². The molecule has 0 unspecified atom stereocenters. The van der Waals surface area contributed by atoms with E-state index in [1.165, 1.54) is 16.8 Å². The van der Waals surface area contributed by atoms with Crippen LogP contribution in [0.4, 0.5) is 15.8 Å². The molecule has 1 aliphatic heterocycles. The van der Waals surface area contributed by atoms with E-state index < -0.39 is 5.91 Å². The van der Waals surface area contributed by atoms with Crippen LogP contribution in [-0.4, -0.2) is 58.8 Å². The second-order valence-electron chi connectivity index (χ2n) is 7.28. The number of aromatic nitrogens is 3. The summed E-state index contributed by atoms with van der Waals surface area (Å²) >= 11 is 6.19. The Labute approximate surface area is 179 Å². The van der Waals surface area contributed by atoms with Gasteiger partial charge in [0.25, 0.3) is 5.91 Å². The van der Waals surface area contributed by atoms with Crippen molar-refractivity contribution in [3.05, 3.63) is 65.0 Å². The number of nitrogens with zero attached hydrogens (tertiary/aromatic N) is 5. The molecule has 30 heavy (non-hydrogen) atoms. The molecule has 1 aromatic heterocycles. The first-order chi connectivity index (χ1) is 14.4. The van der Waals surface area contributed by atoms with Crippen LogP contribution in [0.2, 0.25) is 5.02 Å². The summed E-state index contributed by atoms with van der Waals surface area (Å²) in [5.41, 5.74) is 2.16. The Morgan fingerprint density at radius 3 is 2.50 bits per heavy atom. The Morgan fingerprint density at radius 1 is 1.10 bits per heavy atom. The fraction of sp³-hybridized carbons (Fsp3) is 0.286. The summed E-state index contributed by atoms with van der Waals surface area (Å²) in [6.45, 7) is 5.34. The molecular weight excluding hydrogens is 407 g/mol. The largest absolute Gasteiger partial charge is 0.367 e. The van der Waals surface area contributed by atoms with Crippen LogP contribution in [0.5, 0.6) is 0 Å². The Bertz CT molecular complexity index is 1060. The average molecular weight is 429 g/mol. The quantitative estimate of drug-likeness (QED) is 0.690. The van der Waals surface area contributed by atoms with Crippen molar-refractivity contribution in [2.45, 2.75) is 6.92 Å². The summed E-state index contributed by atoms with van der Waals surface area (Å²) in [5.74, 6) is -0.221. The lowest BCUT2D eigenvalue weighted by atomic mass is 10.2. The van der Waals surface area contributed by atoms with Crippen LogP contribution in [0.1, 0.15) is 16.4 Å². The zero-order chi connectivity index (χ0) is 21.3. The first-order valence-corrected chi connectivity index (χ1v) is 10.0. The standard InChI is InChI=1S/C21H22ClFN6O/c1-14-24-20(26-29(14)17-6-4-16(23)5-7-17)21(30)25-18-13-15(22)3-8-19(18)28-11-9-27(2)10-12-28/h3-8,13H,9-12H2,1-2H3,(H,25,30). The number of likely N-dealkylation sites (N-methyl/N-ethyl adjacent to an activating group) is 1. The molecular formula is C21H22ClFN6O. The van der Waals surface area contributed by atoms with Crippen LogP contribution in [0.25, 0.3) is 5.69 Å². The fourth-order valence-corrected chi connectivity index (χ4v) is 3.59. The van der Waals surface area contributed by atoms with Gasteiger partial charge in [0.2, 0.25) is 5.82 Å². The van der Waals surface area contributed by atoms with E-state index in [0.717, 1.165) is 31.9 Å². The molecule has 0 aliphatic carbocycles. The van der Waals surface area contributed by atoms with E-state index in [4.69, 9.17) is 11.6 Å². The summed E-state index contributed by atoms with van der Waals surface area (Å²) in [5, 5.41) is 7.73. The molecule has 1 aliphatic rings. The van der Waals surface area contributed by atoms with Gasteiger partial charge < -0.3 is 15.1 Å². The SMILES string of the molecule is Cc1nc(C(=O)Nc2cc(Cl)ccc2N2CCN(C)CC2)nn1-c1ccc(F)cc1. The number of rotatable bonds is 4. The lowest BCUT2D eigenvalue weighted by Gasteiger charge is -2.35. The number of nitrogens with one attached hydrogen (secondary N) is 1. The van der Waals surface area contributed by atoms with E-state index in [0.29, 0.717) is 22.2 Å². The van der Waals surface area contributed by atoms with E-state index >= 15 is 0 Å². The number of amides is 1. The first kappa shape index (κ1) is 20.3. The predicted molar refractivity (Wildman–Crippen MR) is 115 cm³/mol. The maximum atomic E-state index is 13.2. The molecule has 1 saturated heterocycles. The van der Waals surface area contributed by atoms with Gasteiger partial charge in [-0.1, -0.05) is 11.6 Å². The zero-order valence-electron chi connectivity index (χ0n) is 16.8. The van der Waals surface area contributed by atoms with Gasteiger partial charge in [0.05, 0.1) is 17.1 Å². The number of hydrogen-bond donors (Lipinski definition) is 1. The van der Waals surface area contributed by atoms with E-state index in [2.05, 4.69) is 32.2 Å². The molecule has 1 N–H and O–H groups in total. The van der Waals surface area contributed by atoms with Gasteiger partial charge in [-0.15, -0.1) is 5.10 Å². The Morgan fingerprint density at radius 2 is 1.80 bits per heavy atom. The molecule has 7 nitrogen and oxygen atoms in total. The minimum atomic E-state index is -0.434. The second-order valence-corrected chi connectivity index (χ2v) is 7.71. The van der Waals surface area contributed by atoms with Crippen molar-refractivity contribution < 1.29 is 9.18 Å². The van der Waals surface area contributed by atoms with Gasteiger partial charge in [0, 0.05) is 31.2 Å². The molecule has 1 amide bonds. The second kappa shape index (κ2) is 8.41. The van der Waals surface area contributed by atoms with Crippen molar-refractivity contribution in [2.24, 2.45) is 0 Å². The molecule has 2 heterocycles. The van der Waals surface area contributed by atoms with Crippen molar-refractivity contribution in [2.75, 3.05) is 43.4 Å². The summed E-state index contributed by atoms with van der Waals surface area (Å²) in [6.07, 6.45) is 0. The average Bonchev–Trinajstić information content (AvgIpc) is 3.11. The first-order valence-electron chi connectivity index (χ1n) is 9.65. The summed E-state index contributed by atoms with van der Waals surface area (Å²) < 4.78 is 14.7. The Hall–Kier alpha value is -2.97. The van der Waals surface area contributed by atoms with Gasteiger partial charge in [0.1, 0.15) is 11.6 Å². The molecule has 9 heteroatoms. The molecule has 2 aromatic carbocycles. The van der Waals surface area contributed by atoms with E-state index in [9.17, 15) is 9.18 Å². The molecule has 156 valence electrons. The highest BCUT2D eigenvalue weighted by Gasteiger charge is 2.21. The van der Waals surface area contributed by atoms with Gasteiger partial charge in [-0.05, 0) is 56.4 Å². The van der Waals surface area contributed by atoms with Crippen molar-refractivity contribution >= 4 is 28.9 Å². The highest BCUT2D eigenvalue weighted by atomic mass is 35.5. The molecule has 0 atom stereocenters. The highest BCUT2D eigenvalue weighted by Crippen LogP contribution is 2.30. The summed E-state index contributed by atoms with van der Waals surface area (Å²) in [6, 6.07) is 11.3. The van der Waals surface area contributed by atoms with Crippen molar-refractivity contribution in [3.8, 4) is 5.69 Å². The number of hydrogen-bond acceptors (Lipinski definition) is 5. The van der Waals surface area contributed by atoms with Gasteiger partial charge in [-0.3, -0.25) is 4.79 Å². The van der Waals surface area contributed by atoms with Crippen LogP contribution >= 0.6 is 11.6 Å². The fourth-order valence-electron chi connectivity index (χ4n) is 3.42. The molecule has 0 radical (unpaired) electrons. The van der Waals surface area contributed by atoms with Crippen LogP contribution in [-0.2, 0) is 0 Å². The number of anilines is 2. The minimum Gasteiger partial charge on any atom is -0.367 e. The van der Waals surface area contributed by atoms with Crippen LogP contribution in [0.15, 0.2) is 42.5 Å². The monoisotopic (exact) mass is 428 g/mol. The summed E-state index contributed by atoms with van der Waals surface area (Å²) in [7, 11) is 2.09. The lowest BCUT2D eigenvalue weighted by Crippen LogP contribution is -2.44.